The van der Waals surface area contributed by atoms with Crippen LogP contribution in [-0.2, 0) is 28.7 Å². The van der Waals surface area contributed by atoms with E-state index in [9.17, 15) is 29.1 Å². The Labute approximate surface area is 156 Å². The molecule has 8 N–H and O–H groups in total. The molecule has 1 rings (SSSR count). The summed E-state index contributed by atoms with van der Waals surface area (Å²) in [5.41, 5.74) is 8.47. The van der Waals surface area contributed by atoms with Gasteiger partial charge in [0.1, 0.15) is 11.8 Å². The van der Waals surface area contributed by atoms with Gasteiger partial charge >= 0.3 is 17.9 Å². The van der Waals surface area contributed by atoms with Crippen molar-refractivity contribution in [1.29, 1.82) is 0 Å². The molecule has 0 aliphatic carbocycles. The van der Waals surface area contributed by atoms with Gasteiger partial charge in [-0.05, 0) is 0 Å². The molecule has 28 heavy (non-hydrogen) atoms. The van der Waals surface area contributed by atoms with Crippen LogP contribution in [0.15, 0.2) is 9.98 Å². The number of aliphatic imine (C=N–C) groups is 2. The lowest BCUT2D eigenvalue weighted by Gasteiger charge is -2.16. The van der Waals surface area contributed by atoms with Crippen LogP contribution in [0.4, 0.5) is 0 Å². The van der Waals surface area contributed by atoms with E-state index in [4.69, 9.17) is 31.5 Å². The van der Waals surface area contributed by atoms with E-state index in [1.165, 1.54) is 0 Å². The highest BCUT2D eigenvalue weighted by Crippen LogP contribution is 2.18. The fourth-order valence-electron chi connectivity index (χ4n) is 2.16. The molecule has 0 aromatic rings. The van der Waals surface area contributed by atoms with Crippen molar-refractivity contribution in [2.45, 2.75) is 37.1 Å². The third-order valence-corrected chi connectivity index (χ3v) is 3.42. The average Bonchev–Trinajstić information content (AvgIpc) is 2.88. The first-order valence-electron chi connectivity index (χ1n) is 7.65. The lowest BCUT2D eigenvalue weighted by atomic mass is 10.1. The molecule has 0 bridgehead atoms. The van der Waals surface area contributed by atoms with Gasteiger partial charge in [0.05, 0.1) is 19.4 Å². The van der Waals surface area contributed by atoms with Crippen molar-refractivity contribution >= 4 is 41.1 Å². The van der Waals surface area contributed by atoms with E-state index in [1.807, 2.05) is 0 Å². The van der Waals surface area contributed by atoms with Crippen molar-refractivity contribution < 1.29 is 49.1 Å². The van der Waals surface area contributed by atoms with E-state index in [0.29, 0.717) is 0 Å². The first kappa shape index (κ1) is 22.7. The number of aliphatic hydroxyl groups is 2. The molecule has 0 aromatic heterocycles. The maximum atomic E-state index is 12.1. The van der Waals surface area contributed by atoms with Crippen molar-refractivity contribution in [2.75, 3.05) is 6.61 Å². The first-order chi connectivity index (χ1) is 13.0. The Bertz CT molecular complexity index is 746. The molecule has 4 atom stereocenters. The molecule has 2 amide bonds. The van der Waals surface area contributed by atoms with Crippen LogP contribution in [-0.4, -0.2) is 92.5 Å². The molecule has 0 spiro atoms. The second-order valence-electron chi connectivity index (χ2n) is 5.62. The van der Waals surface area contributed by atoms with E-state index in [0.717, 1.165) is 0 Å². The van der Waals surface area contributed by atoms with Crippen LogP contribution in [0.25, 0.3) is 0 Å². The Morgan fingerprint density at radius 1 is 1.00 bits per heavy atom. The Hall–Kier alpha value is -3.39. The summed E-state index contributed by atoms with van der Waals surface area (Å²) in [5, 5.41) is 37.1. The summed E-state index contributed by atoms with van der Waals surface area (Å²) < 4.78 is 4.78. The van der Waals surface area contributed by atoms with Crippen LogP contribution >= 0.6 is 0 Å². The predicted molar refractivity (Wildman–Crippen MR) is 88.3 cm³/mol. The molecule has 14 nitrogen and oxygen atoms in total. The number of amides is 2. The number of aliphatic carboxylic acids is 2. The number of carboxylic acid groups (broad SMARTS) is 2. The average molecular weight is 402 g/mol. The first-order valence-corrected chi connectivity index (χ1v) is 7.65. The maximum Gasteiger partial charge on any atom is 0.359 e. The maximum absolute atomic E-state index is 12.1. The molecule has 1 heterocycles. The summed E-state index contributed by atoms with van der Waals surface area (Å²) in [5.74, 6) is -6.62. The van der Waals surface area contributed by atoms with Gasteiger partial charge in [-0.2, -0.15) is 0 Å². The Morgan fingerprint density at radius 2 is 1.46 bits per heavy atom. The lowest BCUT2D eigenvalue weighted by Crippen LogP contribution is -2.38. The van der Waals surface area contributed by atoms with Crippen LogP contribution in [0.3, 0.4) is 0 Å². The minimum absolute atomic E-state index is 0.615. The molecule has 1 aliphatic rings. The van der Waals surface area contributed by atoms with Crippen molar-refractivity contribution in [3.63, 3.8) is 0 Å². The molecule has 0 unspecified atom stereocenters. The van der Waals surface area contributed by atoms with Crippen molar-refractivity contribution in [1.82, 2.24) is 0 Å². The number of rotatable bonds is 10. The van der Waals surface area contributed by atoms with E-state index < -0.39 is 84.9 Å². The molecule has 1 saturated heterocycles. The summed E-state index contributed by atoms with van der Waals surface area (Å²) in [6, 6.07) is -3.63. The number of cyclic esters (lactones) is 1. The third kappa shape index (κ3) is 5.82. The number of esters is 1. The monoisotopic (exact) mass is 402 g/mol. The van der Waals surface area contributed by atoms with E-state index in [1.54, 1.807) is 0 Å². The molecular weight excluding hydrogens is 384 g/mol. The van der Waals surface area contributed by atoms with E-state index >= 15 is 0 Å². The molecule has 154 valence electrons. The van der Waals surface area contributed by atoms with Crippen LogP contribution < -0.4 is 11.5 Å². The summed E-state index contributed by atoms with van der Waals surface area (Å²) in [6.07, 6.45) is -5.02. The van der Waals surface area contributed by atoms with Gasteiger partial charge in [-0.3, -0.25) is 19.6 Å². The number of hydrogen-bond donors (Lipinski definition) is 6. The molecule has 0 saturated carbocycles. The summed E-state index contributed by atoms with van der Waals surface area (Å²) in [4.78, 5) is 63.8. The summed E-state index contributed by atoms with van der Waals surface area (Å²) in [7, 11) is 0. The van der Waals surface area contributed by atoms with Crippen molar-refractivity contribution in [3.8, 4) is 0 Å². The fraction of sp³-hybridized carbons (Fsp3) is 0.500. The smallest absolute Gasteiger partial charge is 0.359 e. The van der Waals surface area contributed by atoms with Gasteiger partial charge in [-0.25, -0.2) is 14.4 Å². The standard InChI is InChI=1S/C14H18N4O10/c15-7(21)1-4(12(23)24)17-9-10(14(27)28-11(9)6(20)3-19)18-5(13(25)26)2-8(16)22/h4-6,11,19-20H,1-3H2,(H2,15,21)(H2,16,22)(H,23,24)(H,25,26)/t4-,5-,6+,11-/m0/s1. The predicted octanol–water partition coefficient (Wildman–Crippen LogP) is -4.20. The van der Waals surface area contributed by atoms with Crippen LogP contribution in [0.2, 0.25) is 0 Å². The number of ether oxygens (including phenoxy) is 1. The van der Waals surface area contributed by atoms with Crippen LogP contribution in [0.1, 0.15) is 12.8 Å². The minimum Gasteiger partial charge on any atom is -0.480 e. The fourth-order valence-corrected chi connectivity index (χ4v) is 2.16. The van der Waals surface area contributed by atoms with Crippen molar-refractivity contribution in [3.05, 3.63) is 0 Å². The number of carboxylic acids is 2. The number of nitrogens with zero attached hydrogens (tertiary/aromatic N) is 2. The molecule has 1 aliphatic heterocycles. The number of carbonyl (C=O) groups excluding carboxylic acids is 3. The number of carbonyl (C=O) groups is 5. The highest BCUT2D eigenvalue weighted by molar-refractivity contribution is 6.69. The normalized spacial score (nSPS) is 22.5. The van der Waals surface area contributed by atoms with Gasteiger partial charge in [0.15, 0.2) is 23.9 Å². The number of hydrogen-bond acceptors (Lipinski definition) is 10. The summed E-state index contributed by atoms with van der Waals surface area (Å²) >= 11 is 0. The minimum atomic E-state index is -1.82. The largest absolute Gasteiger partial charge is 0.480 e. The zero-order valence-electron chi connectivity index (χ0n) is 14.2. The zero-order valence-corrected chi connectivity index (χ0v) is 14.2. The van der Waals surface area contributed by atoms with Gasteiger partial charge in [0.2, 0.25) is 11.8 Å². The SMILES string of the molecule is NC(=O)C[C@H](N=C1C(=O)O[C@@H]([C@H](O)CO)C1=N[C@@H](CC(N)=O)C(=O)O)C(=O)O. The van der Waals surface area contributed by atoms with Crippen LogP contribution in [0, 0.1) is 0 Å². The second kappa shape index (κ2) is 9.52. The lowest BCUT2D eigenvalue weighted by molar-refractivity contribution is -0.140. The molecule has 1 fully saturated rings. The van der Waals surface area contributed by atoms with Gasteiger partial charge in [0, 0.05) is 0 Å². The molecule has 0 radical (unpaired) electrons. The summed E-state index contributed by atoms with van der Waals surface area (Å²) in [6.45, 7) is -0.929. The Balaban J connectivity index is 3.50. The van der Waals surface area contributed by atoms with Crippen molar-refractivity contribution in [2.24, 2.45) is 21.5 Å². The molecule has 14 heteroatoms. The van der Waals surface area contributed by atoms with E-state index in [-0.39, 0.29) is 0 Å². The molecular formula is C14H18N4O10. The van der Waals surface area contributed by atoms with Gasteiger partial charge < -0.3 is 36.6 Å². The van der Waals surface area contributed by atoms with Gasteiger partial charge in [-0.15, -0.1) is 0 Å². The van der Waals surface area contributed by atoms with Crippen LogP contribution in [0.5, 0.6) is 0 Å². The zero-order chi connectivity index (χ0) is 21.6. The number of primary amides is 2. The highest BCUT2D eigenvalue weighted by Gasteiger charge is 2.44. The second-order valence-corrected chi connectivity index (χ2v) is 5.62. The molecule has 0 aromatic carbocycles. The third-order valence-electron chi connectivity index (χ3n) is 3.42. The Morgan fingerprint density at radius 3 is 1.86 bits per heavy atom. The quantitative estimate of drug-likeness (QED) is 0.192. The topological polar surface area (TPSA) is 252 Å². The van der Waals surface area contributed by atoms with Gasteiger partial charge in [0.25, 0.3) is 0 Å². The highest BCUT2D eigenvalue weighted by atomic mass is 16.6. The Kier molecular flexibility index (Phi) is 7.70. The number of aliphatic hydroxyl groups excluding tert-OH is 2. The number of nitrogens with two attached hydrogens (primary N) is 2. The van der Waals surface area contributed by atoms with E-state index in [2.05, 4.69) is 9.98 Å². The van der Waals surface area contributed by atoms with Gasteiger partial charge in [-0.1, -0.05) is 0 Å².